The molecule has 0 saturated heterocycles. The van der Waals surface area contributed by atoms with Crippen molar-refractivity contribution >= 4 is 50.9 Å². The Morgan fingerprint density at radius 2 is 1.39 bits per heavy atom. The molecule has 6 heteroatoms. The number of carbonyl (C=O) groups excluding carboxylic acids is 1. The Bertz CT molecular complexity index is 452. The molecule has 3 nitrogen and oxygen atoms in total. The van der Waals surface area contributed by atoms with E-state index in [4.69, 9.17) is 23.2 Å². The summed E-state index contributed by atoms with van der Waals surface area (Å²) in [5.41, 5.74) is 0.600. The number of rotatable bonds is 11. The summed E-state index contributed by atoms with van der Waals surface area (Å²) in [6, 6.07) is 4.75. The molecule has 0 heterocycles. The summed E-state index contributed by atoms with van der Waals surface area (Å²) < 4.78 is 0. The number of anilines is 1. The van der Waals surface area contributed by atoms with Crippen LogP contribution in [0.1, 0.15) is 51.4 Å². The topological polar surface area (TPSA) is 41.1 Å². The number of hydrogen-bond donors (Lipinski definition) is 2. The second-order valence-corrected chi connectivity index (χ2v) is 7.22. The zero-order valence-electron chi connectivity index (χ0n) is 13.3. The third kappa shape index (κ3) is 10.9. The normalized spacial score (nSPS) is 10.6. The largest absolute Gasteiger partial charge is 0.338 e. The molecule has 0 bridgehead atoms. The molecule has 0 spiro atoms. The number of unbranched alkanes of at least 4 members (excludes halogenated alkanes) is 7. The Morgan fingerprint density at radius 3 is 1.96 bits per heavy atom. The maximum Gasteiger partial charge on any atom is 0.319 e. The highest BCUT2D eigenvalue weighted by atomic mass is 79.9. The molecule has 2 N–H and O–H groups in total. The van der Waals surface area contributed by atoms with Gasteiger partial charge >= 0.3 is 6.03 Å². The second-order valence-electron chi connectivity index (χ2n) is 5.56. The van der Waals surface area contributed by atoms with Gasteiger partial charge in [0.15, 0.2) is 0 Å². The lowest BCUT2D eigenvalue weighted by molar-refractivity contribution is 0.252. The van der Waals surface area contributed by atoms with Gasteiger partial charge in [0.1, 0.15) is 0 Å². The van der Waals surface area contributed by atoms with Gasteiger partial charge < -0.3 is 10.6 Å². The summed E-state index contributed by atoms with van der Waals surface area (Å²) in [5.74, 6) is 0. The number of amides is 2. The third-order valence-corrected chi connectivity index (χ3v) is 4.46. The average Bonchev–Trinajstić information content (AvgIpc) is 2.48. The number of hydrogen-bond acceptors (Lipinski definition) is 1. The van der Waals surface area contributed by atoms with Crippen molar-refractivity contribution in [1.29, 1.82) is 0 Å². The molecule has 2 amide bonds. The fourth-order valence-corrected chi connectivity index (χ4v) is 3.21. The van der Waals surface area contributed by atoms with Crippen molar-refractivity contribution in [3.05, 3.63) is 28.2 Å². The third-order valence-electron chi connectivity index (χ3n) is 3.47. The van der Waals surface area contributed by atoms with Crippen molar-refractivity contribution in [3.8, 4) is 0 Å². The van der Waals surface area contributed by atoms with Crippen LogP contribution >= 0.6 is 39.1 Å². The SMILES string of the molecule is O=C(NCCCCCCCCCCBr)Nc1cc(Cl)cc(Cl)c1. The number of benzene rings is 1. The van der Waals surface area contributed by atoms with Crippen LogP contribution < -0.4 is 10.6 Å². The number of nitrogens with one attached hydrogen (secondary N) is 2. The Hall–Kier alpha value is -0.450. The fourth-order valence-electron chi connectivity index (χ4n) is 2.28. The smallest absolute Gasteiger partial charge is 0.319 e. The summed E-state index contributed by atoms with van der Waals surface area (Å²) in [4.78, 5) is 11.8. The fraction of sp³-hybridized carbons (Fsp3) is 0.588. The summed E-state index contributed by atoms with van der Waals surface area (Å²) in [7, 11) is 0. The first kappa shape index (κ1) is 20.6. The molecular formula is C17H25BrCl2N2O. The van der Waals surface area contributed by atoms with Gasteiger partial charge in [0.25, 0.3) is 0 Å². The molecule has 0 fully saturated rings. The molecule has 1 rings (SSSR count). The van der Waals surface area contributed by atoms with E-state index in [1.165, 1.54) is 38.5 Å². The van der Waals surface area contributed by atoms with E-state index in [-0.39, 0.29) is 6.03 Å². The van der Waals surface area contributed by atoms with Gasteiger partial charge in [-0.25, -0.2) is 4.79 Å². The lowest BCUT2D eigenvalue weighted by Gasteiger charge is -2.08. The maximum atomic E-state index is 11.8. The Labute approximate surface area is 157 Å². The Kier molecular flexibility index (Phi) is 11.6. The average molecular weight is 424 g/mol. The van der Waals surface area contributed by atoms with E-state index >= 15 is 0 Å². The molecule has 0 atom stereocenters. The first-order valence-electron chi connectivity index (χ1n) is 8.18. The predicted octanol–water partition coefficient (Wildman–Crippen LogP) is 6.63. The van der Waals surface area contributed by atoms with Crippen LogP contribution in [-0.4, -0.2) is 17.9 Å². The van der Waals surface area contributed by atoms with Crippen molar-refractivity contribution in [2.24, 2.45) is 0 Å². The van der Waals surface area contributed by atoms with Gasteiger partial charge in [-0.15, -0.1) is 0 Å². The first-order chi connectivity index (χ1) is 11.1. The van der Waals surface area contributed by atoms with Crippen LogP contribution in [0.15, 0.2) is 18.2 Å². The quantitative estimate of drug-likeness (QED) is 0.304. The summed E-state index contributed by atoms with van der Waals surface area (Å²) in [6.45, 7) is 0.684. The molecule has 130 valence electrons. The van der Waals surface area contributed by atoms with E-state index in [1.54, 1.807) is 18.2 Å². The van der Waals surface area contributed by atoms with Crippen LogP contribution in [-0.2, 0) is 0 Å². The highest BCUT2D eigenvalue weighted by Crippen LogP contribution is 2.22. The Morgan fingerprint density at radius 1 is 0.870 bits per heavy atom. The molecule has 0 radical (unpaired) electrons. The molecule has 0 saturated carbocycles. The molecule has 0 aliphatic heterocycles. The van der Waals surface area contributed by atoms with E-state index < -0.39 is 0 Å². The van der Waals surface area contributed by atoms with Gasteiger partial charge in [-0.05, 0) is 31.0 Å². The molecule has 1 aromatic carbocycles. The summed E-state index contributed by atoms with van der Waals surface area (Å²) >= 11 is 15.2. The number of carbonyl (C=O) groups is 1. The van der Waals surface area contributed by atoms with Crippen LogP contribution in [0.2, 0.25) is 10.0 Å². The molecule has 0 unspecified atom stereocenters. The van der Waals surface area contributed by atoms with Crippen LogP contribution in [0.3, 0.4) is 0 Å². The van der Waals surface area contributed by atoms with Gasteiger partial charge in [0.05, 0.1) is 0 Å². The highest BCUT2D eigenvalue weighted by Gasteiger charge is 2.03. The minimum Gasteiger partial charge on any atom is -0.338 e. The minimum absolute atomic E-state index is 0.224. The molecule has 0 aliphatic rings. The first-order valence-corrected chi connectivity index (χ1v) is 10.1. The molecule has 23 heavy (non-hydrogen) atoms. The molecule has 0 aliphatic carbocycles. The molecule has 1 aromatic rings. The van der Waals surface area contributed by atoms with Gasteiger partial charge in [0, 0.05) is 27.6 Å². The van der Waals surface area contributed by atoms with E-state index in [0.717, 1.165) is 18.2 Å². The lowest BCUT2D eigenvalue weighted by Crippen LogP contribution is -2.29. The summed E-state index contributed by atoms with van der Waals surface area (Å²) in [6.07, 6.45) is 9.92. The van der Waals surface area contributed by atoms with E-state index in [9.17, 15) is 4.79 Å². The second kappa shape index (κ2) is 12.9. The number of alkyl halides is 1. The highest BCUT2D eigenvalue weighted by molar-refractivity contribution is 9.09. The van der Waals surface area contributed by atoms with E-state index in [1.807, 2.05) is 0 Å². The minimum atomic E-state index is -0.224. The van der Waals surface area contributed by atoms with Crippen molar-refractivity contribution in [1.82, 2.24) is 5.32 Å². The van der Waals surface area contributed by atoms with Crippen LogP contribution in [0, 0.1) is 0 Å². The molecular weight excluding hydrogens is 399 g/mol. The zero-order chi connectivity index (χ0) is 16.9. The van der Waals surface area contributed by atoms with Crippen molar-refractivity contribution < 1.29 is 4.79 Å². The summed E-state index contributed by atoms with van der Waals surface area (Å²) in [5, 5.41) is 7.70. The van der Waals surface area contributed by atoms with Crippen LogP contribution in [0.5, 0.6) is 0 Å². The van der Waals surface area contributed by atoms with E-state index in [0.29, 0.717) is 22.3 Å². The van der Waals surface area contributed by atoms with Crippen LogP contribution in [0.4, 0.5) is 10.5 Å². The van der Waals surface area contributed by atoms with E-state index in [2.05, 4.69) is 26.6 Å². The van der Waals surface area contributed by atoms with Gasteiger partial charge in [-0.3, -0.25) is 0 Å². The maximum absolute atomic E-state index is 11.8. The van der Waals surface area contributed by atoms with Crippen molar-refractivity contribution in [3.63, 3.8) is 0 Å². The monoisotopic (exact) mass is 422 g/mol. The lowest BCUT2D eigenvalue weighted by atomic mass is 10.1. The van der Waals surface area contributed by atoms with Gasteiger partial charge in [-0.1, -0.05) is 77.7 Å². The Balaban J connectivity index is 2.02. The van der Waals surface area contributed by atoms with Gasteiger partial charge in [-0.2, -0.15) is 0 Å². The molecule has 0 aromatic heterocycles. The zero-order valence-corrected chi connectivity index (χ0v) is 16.4. The number of urea groups is 1. The van der Waals surface area contributed by atoms with Crippen molar-refractivity contribution in [2.75, 3.05) is 17.2 Å². The van der Waals surface area contributed by atoms with Gasteiger partial charge in [0.2, 0.25) is 0 Å². The van der Waals surface area contributed by atoms with Crippen molar-refractivity contribution in [2.45, 2.75) is 51.4 Å². The standard InChI is InChI=1S/C17H25BrCl2N2O/c18-9-7-5-3-1-2-4-6-8-10-21-17(23)22-16-12-14(19)11-15(20)13-16/h11-13H,1-10H2,(H2,21,22,23). The predicted molar refractivity (Wildman–Crippen MR) is 104 cm³/mol. The number of halogens is 3. The van der Waals surface area contributed by atoms with Crippen LogP contribution in [0.25, 0.3) is 0 Å².